The highest BCUT2D eigenvalue weighted by Gasteiger charge is 2.37. The normalized spacial score (nSPS) is 17.2. The first-order valence-electron chi connectivity index (χ1n) is 6.06. The van der Waals surface area contributed by atoms with Crippen LogP contribution < -0.4 is 0 Å². The molecule has 1 fully saturated rings. The number of hydrogen-bond acceptors (Lipinski definition) is 3. The van der Waals surface area contributed by atoms with Crippen LogP contribution in [0.15, 0.2) is 23.1 Å². The van der Waals surface area contributed by atoms with Crippen LogP contribution in [0, 0.1) is 23.1 Å². The van der Waals surface area contributed by atoms with E-state index in [1.54, 1.807) is 6.07 Å². The maximum absolute atomic E-state index is 13.5. The third kappa shape index (κ3) is 2.48. The summed E-state index contributed by atoms with van der Waals surface area (Å²) in [6.07, 6.45) is 2.02. The second kappa shape index (κ2) is 4.91. The largest absolute Gasteiger partial charge is 0.244 e. The van der Waals surface area contributed by atoms with Crippen LogP contribution in [0.4, 0.5) is 4.39 Å². The molecule has 1 unspecified atom stereocenters. The van der Waals surface area contributed by atoms with E-state index in [1.807, 2.05) is 6.92 Å². The maximum atomic E-state index is 13.5. The molecule has 0 amide bonds. The summed E-state index contributed by atoms with van der Waals surface area (Å²) < 4.78 is 39.6. The lowest BCUT2D eigenvalue weighted by Gasteiger charge is -2.24. The van der Waals surface area contributed by atoms with Gasteiger partial charge in [-0.1, -0.05) is 6.07 Å². The van der Waals surface area contributed by atoms with Crippen LogP contribution in [0.5, 0.6) is 0 Å². The number of benzene rings is 1. The molecule has 1 aliphatic carbocycles. The van der Waals surface area contributed by atoms with Crippen molar-refractivity contribution >= 4 is 10.0 Å². The molecule has 19 heavy (non-hydrogen) atoms. The first kappa shape index (κ1) is 14.0. The monoisotopic (exact) mass is 282 g/mol. The van der Waals surface area contributed by atoms with Gasteiger partial charge in [0.2, 0.25) is 10.0 Å². The molecule has 0 aliphatic heterocycles. The second-order valence-corrected chi connectivity index (χ2v) is 6.79. The molecule has 0 bridgehead atoms. The van der Waals surface area contributed by atoms with Crippen molar-refractivity contribution in [2.75, 3.05) is 7.05 Å². The van der Waals surface area contributed by atoms with Gasteiger partial charge < -0.3 is 0 Å². The zero-order valence-electron chi connectivity index (χ0n) is 10.8. The van der Waals surface area contributed by atoms with Crippen molar-refractivity contribution in [3.8, 4) is 6.07 Å². The van der Waals surface area contributed by atoms with E-state index in [-0.39, 0.29) is 10.9 Å². The van der Waals surface area contributed by atoms with Gasteiger partial charge >= 0.3 is 0 Å². The standard InChI is InChI=1S/C13H15FN2O2S/c1-9(10-6-7-10)16(2)19(17,18)13-5-3-4-12(14)11(13)8-15/h3-5,9-10H,6-7H2,1-2H3. The summed E-state index contributed by atoms with van der Waals surface area (Å²) in [5.41, 5.74) is -0.419. The summed E-state index contributed by atoms with van der Waals surface area (Å²) >= 11 is 0. The summed E-state index contributed by atoms with van der Waals surface area (Å²) in [7, 11) is -2.36. The first-order valence-corrected chi connectivity index (χ1v) is 7.50. The molecule has 2 rings (SSSR count). The third-order valence-corrected chi connectivity index (χ3v) is 5.61. The second-order valence-electron chi connectivity index (χ2n) is 4.82. The average molecular weight is 282 g/mol. The molecule has 0 saturated heterocycles. The van der Waals surface area contributed by atoms with Gasteiger partial charge in [0.05, 0.1) is 0 Å². The molecule has 1 atom stereocenters. The predicted octanol–water partition coefficient (Wildman–Crippen LogP) is 2.12. The van der Waals surface area contributed by atoms with E-state index in [0.29, 0.717) is 5.92 Å². The Bertz CT molecular complexity index is 633. The molecule has 1 aromatic carbocycles. The quantitative estimate of drug-likeness (QED) is 0.849. The Kier molecular flexibility index (Phi) is 3.61. The van der Waals surface area contributed by atoms with Crippen LogP contribution in [0.3, 0.4) is 0 Å². The van der Waals surface area contributed by atoms with E-state index in [0.717, 1.165) is 18.9 Å². The predicted molar refractivity (Wildman–Crippen MR) is 68.2 cm³/mol. The van der Waals surface area contributed by atoms with Gasteiger partial charge in [-0.2, -0.15) is 9.57 Å². The number of nitriles is 1. The minimum atomic E-state index is -3.84. The van der Waals surface area contributed by atoms with Crippen molar-refractivity contribution in [3.05, 3.63) is 29.6 Å². The van der Waals surface area contributed by atoms with E-state index in [9.17, 15) is 12.8 Å². The van der Waals surface area contributed by atoms with Crippen molar-refractivity contribution in [1.82, 2.24) is 4.31 Å². The molecular formula is C13H15FN2O2S. The van der Waals surface area contributed by atoms with E-state index in [4.69, 9.17) is 5.26 Å². The Hall–Kier alpha value is -1.45. The van der Waals surface area contributed by atoms with E-state index < -0.39 is 21.4 Å². The zero-order valence-corrected chi connectivity index (χ0v) is 11.6. The highest BCUT2D eigenvalue weighted by atomic mass is 32.2. The van der Waals surface area contributed by atoms with Gasteiger partial charge in [0, 0.05) is 13.1 Å². The molecule has 102 valence electrons. The molecule has 4 nitrogen and oxygen atoms in total. The fourth-order valence-corrected chi connectivity index (χ4v) is 3.65. The summed E-state index contributed by atoms with van der Waals surface area (Å²) in [6.45, 7) is 1.83. The minimum Gasteiger partial charge on any atom is -0.207 e. The summed E-state index contributed by atoms with van der Waals surface area (Å²) in [5, 5.41) is 8.93. The Morgan fingerprint density at radius 1 is 1.47 bits per heavy atom. The van der Waals surface area contributed by atoms with Crippen molar-refractivity contribution in [3.63, 3.8) is 0 Å². The average Bonchev–Trinajstić information content (AvgIpc) is 3.20. The first-order chi connectivity index (χ1) is 8.89. The highest BCUT2D eigenvalue weighted by Crippen LogP contribution is 2.36. The fraction of sp³-hybridized carbons (Fsp3) is 0.462. The number of rotatable bonds is 4. The zero-order chi connectivity index (χ0) is 14.2. The van der Waals surface area contributed by atoms with Crippen LogP contribution in [-0.4, -0.2) is 25.8 Å². The fourth-order valence-electron chi connectivity index (χ4n) is 2.08. The van der Waals surface area contributed by atoms with Crippen LogP contribution in [0.25, 0.3) is 0 Å². The SMILES string of the molecule is CC(C1CC1)N(C)S(=O)(=O)c1cccc(F)c1C#N. The van der Waals surface area contributed by atoms with E-state index >= 15 is 0 Å². The van der Waals surface area contributed by atoms with E-state index in [1.165, 1.54) is 23.5 Å². The van der Waals surface area contributed by atoms with Crippen LogP contribution in [0.1, 0.15) is 25.3 Å². The number of nitrogens with zero attached hydrogens (tertiary/aromatic N) is 2. The van der Waals surface area contributed by atoms with Crippen molar-refractivity contribution in [2.24, 2.45) is 5.92 Å². The maximum Gasteiger partial charge on any atom is 0.244 e. The Balaban J connectivity index is 2.45. The smallest absolute Gasteiger partial charge is 0.207 e. The molecule has 6 heteroatoms. The molecule has 0 spiro atoms. The van der Waals surface area contributed by atoms with Gasteiger partial charge in [-0.3, -0.25) is 0 Å². The van der Waals surface area contributed by atoms with Crippen molar-refractivity contribution < 1.29 is 12.8 Å². The number of hydrogen-bond donors (Lipinski definition) is 0. The van der Waals surface area contributed by atoms with Gasteiger partial charge in [-0.25, -0.2) is 12.8 Å². The molecule has 0 N–H and O–H groups in total. The number of sulfonamides is 1. The van der Waals surface area contributed by atoms with E-state index in [2.05, 4.69) is 0 Å². The third-order valence-electron chi connectivity index (χ3n) is 3.62. The van der Waals surface area contributed by atoms with Crippen molar-refractivity contribution in [2.45, 2.75) is 30.7 Å². The molecule has 0 radical (unpaired) electrons. The molecule has 1 aromatic rings. The lowest BCUT2D eigenvalue weighted by atomic mass is 10.2. The molecule has 1 aliphatic rings. The van der Waals surface area contributed by atoms with Gasteiger partial charge in [-0.15, -0.1) is 0 Å². The molecule has 0 aromatic heterocycles. The van der Waals surface area contributed by atoms with Gasteiger partial charge in [0.15, 0.2) is 0 Å². The Morgan fingerprint density at radius 2 is 2.11 bits per heavy atom. The topological polar surface area (TPSA) is 61.2 Å². The van der Waals surface area contributed by atoms with Crippen LogP contribution in [0.2, 0.25) is 0 Å². The Morgan fingerprint density at radius 3 is 2.63 bits per heavy atom. The van der Waals surface area contributed by atoms with Crippen LogP contribution in [-0.2, 0) is 10.0 Å². The lowest BCUT2D eigenvalue weighted by Crippen LogP contribution is -2.36. The highest BCUT2D eigenvalue weighted by molar-refractivity contribution is 7.89. The minimum absolute atomic E-state index is 0.139. The lowest BCUT2D eigenvalue weighted by molar-refractivity contribution is 0.356. The van der Waals surface area contributed by atoms with Crippen molar-refractivity contribution in [1.29, 1.82) is 5.26 Å². The summed E-state index contributed by atoms with van der Waals surface area (Å²) in [5.74, 6) is -0.449. The molecular weight excluding hydrogens is 267 g/mol. The summed E-state index contributed by atoms with van der Waals surface area (Å²) in [6, 6.07) is 5.15. The summed E-state index contributed by atoms with van der Waals surface area (Å²) in [4.78, 5) is -0.259. The molecule has 0 heterocycles. The van der Waals surface area contributed by atoms with Gasteiger partial charge in [-0.05, 0) is 37.8 Å². The molecule has 1 saturated carbocycles. The Labute approximate surface area is 112 Å². The van der Waals surface area contributed by atoms with Crippen LogP contribution >= 0.6 is 0 Å². The number of halogens is 1. The van der Waals surface area contributed by atoms with Gasteiger partial charge in [0.25, 0.3) is 0 Å². The van der Waals surface area contributed by atoms with Gasteiger partial charge in [0.1, 0.15) is 22.3 Å².